The molecule has 4 nitrogen and oxygen atoms in total. The topological polar surface area (TPSA) is 49.4 Å². The van der Waals surface area contributed by atoms with E-state index in [0.29, 0.717) is 32.3 Å². The molecular formula is C31H32Cl4N2O2S. The third kappa shape index (κ3) is 9.06. The molecule has 0 radical (unpaired) electrons. The van der Waals surface area contributed by atoms with Crippen molar-refractivity contribution in [3.63, 3.8) is 0 Å². The molecule has 1 aliphatic rings. The Labute approximate surface area is 260 Å². The first-order chi connectivity index (χ1) is 19.3. The quantitative estimate of drug-likeness (QED) is 0.229. The number of amides is 2. The Morgan fingerprint density at radius 1 is 0.800 bits per heavy atom. The van der Waals surface area contributed by atoms with Gasteiger partial charge in [-0.3, -0.25) is 9.59 Å². The molecular weight excluding hydrogens is 606 g/mol. The number of nitrogens with one attached hydrogen (secondary N) is 1. The van der Waals surface area contributed by atoms with E-state index in [4.69, 9.17) is 46.4 Å². The third-order valence-corrected chi connectivity index (χ3v) is 9.50. The highest BCUT2D eigenvalue weighted by atomic mass is 35.5. The zero-order valence-corrected chi connectivity index (χ0v) is 25.9. The summed E-state index contributed by atoms with van der Waals surface area (Å²) in [4.78, 5) is 29.4. The molecule has 1 aliphatic carbocycles. The van der Waals surface area contributed by atoms with Crippen LogP contribution >= 0.6 is 58.2 Å². The number of nitrogens with zero attached hydrogens (tertiary/aromatic N) is 1. The molecule has 3 aromatic rings. The van der Waals surface area contributed by atoms with Gasteiger partial charge in [0, 0.05) is 24.8 Å². The van der Waals surface area contributed by atoms with Gasteiger partial charge in [-0.05, 0) is 53.8 Å². The Hall–Kier alpha value is -1.89. The fraction of sp³-hybridized carbons (Fsp3) is 0.355. The van der Waals surface area contributed by atoms with Gasteiger partial charge in [0.1, 0.15) is 6.04 Å². The van der Waals surface area contributed by atoms with Crippen LogP contribution in [0.25, 0.3) is 0 Å². The molecule has 212 valence electrons. The minimum Gasteiger partial charge on any atom is -0.352 e. The summed E-state index contributed by atoms with van der Waals surface area (Å²) in [6.07, 6.45) is 5.73. The van der Waals surface area contributed by atoms with Gasteiger partial charge in [0.15, 0.2) is 0 Å². The van der Waals surface area contributed by atoms with Crippen molar-refractivity contribution in [3.8, 4) is 0 Å². The summed E-state index contributed by atoms with van der Waals surface area (Å²) in [6.45, 7) is 0.235. The van der Waals surface area contributed by atoms with Gasteiger partial charge in [-0.15, -0.1) is 11.8 Å². The van der Waals surface area contributed by atoms with E-state index in [9.17, 15) is 9.59 Å². The van der Waals surface area contributed by atoms with E-state index < -0.39 is 6.04 Å². The second kappa shape index (κ2) is 15.4. The molecule has 1 atom stereocenters. The van der Waals surface area contributed by atoms with Crippen molar-refractivity contribution < 1.29 is 9.59 Å². The van der Waals surface area contributed by atoms with Crippen LogP contribution in [0, 0.1) is 0 Å². The number of hydrogen-bond acceptors (Lipinski definition) is 3. The van der Waals surface area contributed by atoms with Crippen molar-refractivity contribution in [2.45, 2.75) is 62.9 Å². The van der Waals surface area contributed by atoms with Gasteiger partial charge < -0.3 is 10.2 Å². The van der Waals surface area contributed by atoms with E-state index >= 15 is 0 Å². The van der Waals surface area contributed by atoms with Crippen molar-refractivity contribution in [1.29, 1.82) is 0 Å². The highest BCUT2D eigenvalue weighted by Crippen LogP contribution is 2.27. The predicted molar refractivity (Wildman–Crippen MR) is 169 cm³/mol. The van der Waals surface area contributed by atoms with Gasteiger partial charge in [-0.2, -0.15) is 0 Å². The average Bonchev–Trinajstić information content (AvgIpc) is 2.95. The van der Waals surface area contributed by atoms with Gasteiger partial charge in [-0.25, -0.2) is 0 Å². The lowest BCUT2D eigenvalue weighted by molar-refractivity contribution is -0.139. The number of benzene rings is 3. The minimum absolute atomic E-state index is 0.126. The van der Waals surface area contributed by atoms with Gasteiger partial charge in [0.25, 0.3) is 0 Å². The predicted octanol–water partition coefficient (Wildman–Crippen LogP) is 8.62. The van der Waals surface area contributed by atoms with Gasteiger partial charge in [0.2, 0.25) is 11.8 Å². The smallest absolute Gasteiger partial charge is 0.243 e. The number of rotatable bonds is 11. The van der Waals surface area contributed by atoms with Crippen molar-refractivity contribution >= 4 is 70.0 Å². The van der Waals surface area contributed by atoms with Crippen LogP contribution < -0.4 is 5.32 Å². The molecule has 4 rings (SSSR count). The maximum atomic E-state index is 13.9. The average molecular weight is 638 g/mol. The molecule has 40 heavy (non-hydrogen) atoms. The summed E-state index contributed by atoms with van der Waals surface area (Å²) in [5, 5.41) is 5.08. The van der Waals surface area contributed by atoms with Gasteiger partial charge in [0.05, 0.1) is 25.8 Å². The second-order valence-corrected chi connectivity index (χ2v) is 12.7. The van der Waals surface area contributed by atoms with E-state index in [2.05, 4.69) is 5.32 Å². The number of hydrogen-bond donors (Lipinski definition) is 1. The Morgan fingerprint density at radius 2 is 1.43 bits per heavy atom. The molecule has 0 aromatic heterocycles. The summed E-state index contributed by atoms with van der Waals surface area (Å²) in [5.74, 6) is 0.527. The van der Waals surface area contributed by atoms with Crippen molar-refractivity contribution in [2.75, 3.05) is 5.75 Å². The maximum Gasteiger partial charge on any atom is 0.243 e. The zero-order valence-electron chi connectivity index (χ0n) is 22.1. The van der Waals surface area contributed by atoms with Crippen LogP contribution in [-0.2, 0) is 28.3 Å². The SMILES string of the molecule is O=C(NC1CCCCC1)[C@H](Cc1ccccc1)N(Cc1ccc(Cl)c(Cl)c1)C(=O)CSCc1ccc(Cl)c(Cl)c1. The van der Waals surface area contributed by atoms with Crippen LogP contribution in [0.15, 0.2) is 66.7 Å². The summed E-state index contributed by atoms with van der Waals surface area (Å²) in [5.41, 5.74) is 2.77. The first kappa shape index (κ1) is 31.1. The minimum atomic E-state index is -0.683. The Morgan fingerprint density at radius 3 is 2.08 bits per heavy atom. The third-order valence-electron chi connectivity index (χ3n) is 7.04. The lowest BCUT2D eigenvalue weighted by Crippen LogP contribution is -2.53. The number of carbonyl (C=O) groups is 2. The molecule has 0 bridgehead atoms. The molecule has 1 fully saturated rings. The molecule has 0 aliphatic heterocycles. The molecule has 1 saturated carbocycles. The van der Waals surface area contributed by atoms with E-state index in [-0.39, 0.29) is 30.2 Å². The van der Waals surface area contributed by atoms with E-state index in [1.54, 1.807) is 23.1 Å². The first-order valence-electron chi connectivity index (χ1n) is 13.4. The normalized spacial score (nSPS) is 14.5. The van der Waals surface area contributed by atoms with E-state index in [0.717, 1.165) is 42.4 Å². The van der Waals surface area contributed by atoms with Crippen LogP contribution in [-0.4, -0.2) is 34.6 Å². The van der Waals surface area contributed by atoms with Crippen molar-refractivity contribution in [2.24, 2.45) is 0 Å². The van der Waals surface area contributed by atoms with Crippen LogP contribution in [0.1, 0.15) is 48.8 Å². The standard InChI is InChI=1S/C31H32Cl4N2O2S/c32-25-13-11-22(15-27(25)34)18-37(30(38)20-40-19-23-12-14-26(33)28(35)16-23)29(17-21-7-3-1-4-8-21)31(39)36-24-9-5-2-6-10-24/h1,3-4,7-8,11-16,24,29H,2,5-6,9-10,17-20H2,(H,36,39)/t29-/m0/s1. The largest absolute Gasteiger partial charge is 0.352 e. The summed E-state index contributed by atoms with van der Waals surface area (Å²) in [6, 6.07) is 20.0. The summed E-state index contributed by atoms with van der Waals surface area (Å²) < 4.78 is 0. The van der Waals surface area contributed by atoms with Crippen LogP contribution in [0.4, 0.5) is 0 Å². The molecule has 9 heteroatoms. The van der Waals surface area contributed by atoms with Crippen molar-refractivity contribution in [3.05, 3.63) is 104 Å². The highest BCUT2D eigenvalue weighted by molar-refractivity contribution is 7.99. The second-order valence-electron chi connectivity index (χ2n) is 10.1. The lowest BCUT2D eigenvalue weighted by atomic mass is 9.94. The van der Waals surface area contributed by atoms with Crippen LogP contribution in [0.5, 0.6) is 0 Å². The molecule has 2 amide bonds. The van der Waals surface area contributed by atoms with Gasteiger partial charge in [-0.1, -0.05) is 108 Å². The lowest BCUT2D eigenvalue weighted by Gasteiger charge is -2.33. The molecule has 0 saturated heterocycles. The van der Waals surface area contributed by atoms with E-state index in [1.807, 2.05) is 48.5 Å². The molecule has 1 N–H and O–H groups in total. The molecule has 0 spiro atoms. The highest BCUT2D eigenvalue weighted by Gasteiger charge is 2.32. The molecule has 3 aromatic carbocycles. The van der Waals surface area contributed by atoms with Gasteiger partial charge >= 0.3 is 0 Å². The monoisotopic (exact) mass is 636 g/mol. The fourth-order valence-corrected chi connectivity index (χ4v) is 6.40. The van der Waals surface area contributed by atoms with E-state index in [1.165, 1.54) is 18.2 Å². The maximum absolute atomic E-state index is 13.9. The Bertz CT molecular complexity index is 1300. The van der Waals surface area contributed by atoms with Crippen molar-refractivity contribution in [1.82, 2.24) is 10.2 Å². The fourth-order valence-electron chi connectivity index (χ4n) is 4.90. The van der Waals surface area contributed by atoms with Crippen LogP contribution in [0.3, 0.4) is 0 Å². The molecule has 0 unspecified atom stereocenters. The zero-order chi connectivity index (χ0) is 28.5. The Kier molecular flexibility index (Phi) is 11.9. The summed E-state index contributed by atoms with van der Waals surface area (Å²) >= 11 is 26.2. The first-order valence-corrected chi connectivity index (χ1v) is 16.1. The van der Waals surface area contributed by atoms with Crippen LogP contribution in [0.2, 0.25) is 20.1 Å². The number of halogens is 4. The number of carbonyl (C=O) groups excluding carboxylic acids is 2. The number of thioether (sulfide) groups is 1. The molecule has 0 heterocycles. The summed E-state index contributed by atoms with van der Waals surface area (Å²) in [7, 11) is 0. The Balaban J connectivity index is 1.58.